The van der Waals surface area contributed by atoms with E-state index in [0.29, 0.717) is 24.3 Å². The molecule has 1 heterocycles. The molecule has 7 nitrogen and oxygen atoms in total. The standard InChI is InChI=1S/C20H31N5O2/c1-13-4-6-14(7-5-13)23-20(27)15-10-16(21)17(22-2)11-18(15)25-9-8-24(3)19(26)12-25/h10-11,13-14,22H,4-9,12,21H2,1-3H3,(H,23,27). The van der Waals surface area contributed by atoms with Gasteiger partial charge in [0.15, 0.2) is 0 Å². The van der Waals surface area contributed by atoms with E-state index in [9.17, 15) is 9.59 Å². The molecule has 0 aromatic heterocycles. The molecule has 1 aliphatic carbocycles. The summed E-state index contributed by atoms with van der Waals surface area (Å²) in [6.45, 7) is 3.86. The zero-order chi connectivity index (χ0) is 19.6. The van der Waals surface area contributed by atoms with Crippen molar-refractivity contribution >= 4 is 28.9 Å². The number of amides is 2. The molecule has 7 heteroatoms. The van der Waals surface area contributed by atoms with Crippen LogP contribution < -0.4 is 21.3 Å². The lowest BCUT2D eigenvalue weighted by atomic mass is 9.87. The van der Waals surface area contributed by atoms with Crippen molar-refractivity contribution in [3.05, 3.63) is 17.7 Å². The molecule has 0 atom stereocenters. The van der Waals surface area contributed by atoms with E-state index < -0.39 is 0 Å². The molecule has 0 unspecified atom stereocenters. The second-order valence-corrected chi connectivity index (χ2v) is 7.87. The summed E-state index contributed by atoms with van der Waals surface area (Å²) in [6.07, 6.45) is 4.32. The van der Waals surface area contributed by atoms with E-state index >= 15 is 0 Å². The summed E-state index contributed by atoms with van der Waals surface area (Å²) in [7, 11) is 3.60. The molecule has 1 aromatic carbocycles. The average molecular weight is 374 g/mol. The third kappa shape index (κ3) is 4.28. The van der Waals surface area contributed by atoms with Crippen molar-refractivity contribution in [3.8, 4) is 0 Å². The van der Waals surface area contributed by atoms with Gasteiger partial charge in [-0.2, -0.15) is 0 Å². The van der Waals surface area contributed by atoms with Crippen molar-refractivity contribution in [3.63, 3.8) is 0 Å². The van der Waals surface area contributed by atoms with E-state index in [2.05, 4.69) is 17.6 Å². The SMILES string of the molecule is CNc1cc(N2CCN(C)C(=O)C2)c(C(=O)NC2CCC(C)CC2)cc1N. The highest BCUT2D eigenvalue weighted by Gasteiger charge is 2.27. The molecule has 1 saturated carbocycles. The number of carbonyl (C=O) groups excluding carboxylic acids is 2. The summed E-state index contributed by atoms with van der Waals surface area (Å²) in [5, 5.41) is 6.25. The first kappa shape index (κ1) is 19.3. The molecule has 0 radical (unpaired) electrons. The van der Waals surface area contributed by atoms with E-state index in [-0.39, 0.29) is 24.4 Å². The van der Waals surface area contributed by atoms with Gasteiger partial charge in [0.25, 0.3) is 5.91 Å². The highest BCUT2D eigenvalue weighted by Crippen LogP contribution is 2.31. The molecular weight excluding hydrogens is 342 g/mol. The highest BCUT2D eigenvalue weighted by molar-refractivity contribution is 6.03. The molecular formula is C20H31N5O2. The molecule has 2 fully saturated rings. The van der Waals surface area contributed by atoms with Crippen molar-refractivity contribution in [1.29, 1.82) is 0 Å². The third-order valence-corrected chi connectivity index (χ3v) is 5.83. The van der Waals surface area contributed by atoms with Gasteiger partial charge in [0.05, 0.1) is 29.2 Å². The minimum absolute atomic E-state index is 0.0525. The fraction of sp³-hybridized carbons (Fsp3) is 0.600. The number of hydrogen-bond donors (Lipinski definition) is 3. The second kappa shape index (κ2) is 8.06. The number of carbonyl (C=O) groups is 2. The molecule has 1 aromatic rings. The largest absolute Gasteiger partial charge is 0.397 e. The summed E-state index contributed by atoms with van der Waals surface area (Å²) >= 11 is 0. The van der Waals surface area contributed by atoms with Gasteiger partial charge < -0.3 is 26.2 Å². The fourth-order valence-corrected chi connectivity index (χ4v) is 3.90. The van der Waals surface area contributed by atoms with Gasteiger partial charge in [0.1, 0.15) is 0 Å². The first-order chi connectivity index (χ1) is 12.9. The van der Waals surface area contributed by atoms with Gasteiger partial charge in [-0.05, 0) is 43.7 Å². The Labute approximate surface area is 161 Å². The number of piperazine rings is 1. The highest BCUT2D eigenvalue weighted by atomic mass is 16.2. The maximum atomic E-state index is 13.0. The van der Waals surface area contributed by atoms with E-state index in [1.54, 1.807) is 25.1 Å². The van der Waals surface area contributed by atoms with Crippen LogP contribution in [0.5, 0.6) is 0 Å². The Morgan fingerprint density at radius 2 is 1.89 bits per heavy atom. The summed E-state index contributed by atoms with van der Waals surface area (Å²) in [4.78, 5) is 28.9. The Kier molecular flexibility index (Phi) is 5.77. The number of nitrogens with two attached hydrogens (primary N) is 1. The van der Waals surface area contributed by atoms with Gasteiger partial charge >= 0.3 is 0 Å². The van der Waals surface area contributed by atoms with Crippen LogP contribution in [0, 0.1) is 5.92 Å². The number of nitrogen functional groups attached to an aromatic ring is 1. The number of likely N-dealkylation sites (N-methyl/N-ethyl adjacent to an activating group) is 1. The van der Waals surface area contributed by atoms with Crippen LogP contribution in [0.25, 0.3) is 0 Å². The van der Waals surface area contributed by atoms with E-state index in [1.165, 1.54) is 0 Å². The lowest BCUT2D eigenvalue weighted by Gasteiger charge is -2.35. The first-order valence-electron chi connectivity index (χ1n) is 9.80. The van der Waals surface area contributed by atoms with Gasteiger partial charge in [-0.15, -0.1) is 0 Å². The monoisotopic (exact) mass is 373 g/mol. The van der Waals surface area contributed by atoms with Crippen molar-refractivity contribution in [2.24, 2.45) is 5.92 Å². The molecule has 27 heavy (non-hydrogen) atoms. The second-order valence-electron chi connectivity index (χ2n) is 7.87. The Balaban J connectivity index is 1.85. The van der Waals surface area contributed by atoms with Crippen LogP contribution in [0.3, 0.4) is 0 Å². The zero-order valence-corrected chi connectivity index (χ0v) is 16.5. The molecule has 2 amide bonds. The molecule has 0 spiro atoms. The Hall–Kier alpha value is -2.44. The summed E-state index contributed by atoms with van der Waals surface area (Å²) in [5.74, 6) is 0.678. The number of hydrogen-bond acceptors (Lipinski definition) is 5. The molecule has 4 N–H and O–H groups in total. The topological polar surface area (TPSA) is 90.7 Å². The van der Waals surface area contributed by atoms with E-state index in [1.807, 2.05) is 11.0 Å². The average Bonchev–Trinajstić information content (AvgIpc) is 2.65. The predicted octanol–water partition coefficient (Wildman–Crippen LogP) is 1.90. The van der Waals surface area contributed by atoms with Crippen molar-refractivity contribution in [2.75, 3.05) is 49.7 Å². The minimum Gasteiger partial charge on any atom is -0.397 e. The molecule has 148 valence electrons. The quantitative estimate of drug-likeness (QED) is 0.701. The molecule has 3 rings (SSSR count). The first-order valence-corrected chi connectivity index (χ1v) is 9.80. The maximum absolute atomic E-state index is 13.0. The van der Waals surface area contributed by atoms with Crippen LogP contribution in [-0.2, 0) is 4.79 Å². The van der Waals surface area contributed by atoms with Crippen LogP contribution in [-0.4, -0.2) is 56.5 Å². The minimum atomic E-state index is -0.106. The van der Waals surface area contributed by atoms with Crippen LogP contribution in [0.4, 0.5) is 17.1 Å². The lowest BCUT2D eigenvalue weighted by Crippen LogP contribution is -2.49. The van der Waals surface area contributed by atoms with Gasteiger partial charge in [-0.3, -0.25) is 9.59 Å². The van der Waals surface area contributed by atoms with Crippen molar-refractivity contribution in [1.82, 2.24) is 10.2 Å². The van der Waals surface area contributed by atoms with Crippen LogP contribution in [0.15, 0.2) is 12.1 Å². The fourth-order valence-electron chi connectivity index (χ4n) is 3.90. The maximum Gasteiger partial charge on any atom is 0.253 e. The molecule has 1 aliphatic heterocycles. The molecule has 1 saturated heterocycles. The molecule has 2 aliphatic rings. The van der Waals surface area contributed by atoms with Crippen LogP contribution >= 0.6 is 0 Å². The number of rotatable bonds is 4. The zero-order valence-electron chi connectivity index (χ0n) is 16.5. The Morgan fingerprint density at radius 1 is 1.19 bits per heavy atom. The van der Waals surface area contributed by atoms with Crippen molar-refractivity contribution in [2.45, 2.75) is 38.6 Å². The lowest BCUT2D eigenvalue weighted by molar-refractivity contribution is -0.129. The third-order valence-electron chi connectivity index (χ3n) is 5.83. The van der Waals surface area contributed by atoms with Gasteiger partial charge in [-0.25, -0.2) is 0 Å². The Morgan fingerprint density at radius 3 is 2.52 bits per heavy atom. The number of nitrogens with one attached hydrogen (secondary N) is 2. The van der Waals surface area contributed by atoms with Crippen LogP contribution in [0.2, 0.25) is 0 Å². The Bertz CT molecular complexity index is 713. The summed E-state index contributed by atoms with van der Waals surface area (Å²) in [5.41, 5.74) is 8.73. The smallest absolute Gasteiger partial charge is 0.253 e. The number of nitrogens with zero attached hydrogens (tertiary/aromatic N) is 2. The summed E-state index contributed by atoms with van der Waals surface area (Å²) in [6, 6.07) is 3.82. The summed E-state index contributed by atoms with van der Waals surface area (Å²) < 4.78 is 0. The predicted molar refractivity (Wildman–Crippen MR) is 109 cm³/mol. The number of benzene rings is 1. The van der Waals surface area contributed by atoms with Gasteiger partial charge in [0, 0.05) is 33.2 Å². The van der Waals surface area contributed by atoms with Gasteiger partial charge in [0.2, 0.25) is 5.91 Å². The van der Waals surface area contributed by atoms with E-state index in [0.717, 1.165) is 43.0 Å². The molecule has 0 bridgehead atoms. The van der Waals surface area contributed by atoms with E-state index in [4.69, 9.17) is 5.73 Å². The normalized spacial score (nSPS) is 23.3. The van der Waals surface area contributed by atoms with Crippen LogP contribution in [0.1, 0.15) is 43.0 Å². The van der Waals surface area contributed by atoms with Gasteiger partial charge in [-0.1, -0.05) is 6.92 Å². The van der Waals surface area contributed by atoms with Crippen molar-refractivity contribution < 1.29 is 9.59 Å². The number of anilines is 3.